The summed E-state index contributed by atoms with van der Waals surface area (Å²) in [7, 11) is 0. The number of aliphatic hydroxyl groups excluding tert-OH is 1. The first-order valence-corrected chi connectivity index (χ1v) is 5.65. The predicted molar refractivity (Wildman–Crippen MR) is 55.2 cm³/mol. The summed E-state index contributed by atoms with van der Waals surface area (Å²) in [5.74, 6) is 0. The number of likely N-dealkylation sites (N-methyl/N-ethyl adjacent to an activating group) is 1. The van der Waals surface area contributed by atoms with E-state index in [1.54, 1.807) is 0 Å². The zero-order valence-corrected chi connectivity index (χ0v) is 9.25. The monoisotopic (exact) mass is 199 g/mol. The maximum atomic E-state index is 9.23. The molecule has 0 amide bonds. The number of aliphatic hydroxyl groups is 1. The second-order valence-electron chi connectivity index (χ2n) is 4.94. The van der Waals surface area contributed by atoms with Crippen LogP contribution in [0.2, 0.25) is 0 Å². The summed E-state index contributed by atoms with van der Waals surface area (Å²) < 4.78 is 5.84. The van der Waals surface area contributed by atoms with Crippen molar-refractivity contribution in [1.29, 1.82) is 0 Å². The van der Waals surface area contributed by atoms with E-state index in [1.165, 1.54) is 0 Å². The van der Waals surface area contributed by atoms with Gasteiger partial charge in [0.1, 0.15) is 0 Å². The van der Waals surface area contributed by atoms with Gasteiger partial charge in [-0.15, -0.1) is 0 Å². The molecule has 0 aromatic carbocycles. The van der Waals surface area contributed by atoms with E-state index in [1.807, 2.05) is 0 Å². The molecule has 3 fully saturated rings. The largest absolute Gasteiger partial charge is 0.396 e. The summed E-state index contributed by atoms with van der Waals surface area (Å²) in [6, 6.07) is 0. The molecule has 0 unspecified atom stereocenters. The van der Waals surface area contributed by atoms with Crippen LogP contribution in [0.1, 0.15) is 26.7 Å². The van der Waals surface area contributed by atoms with Gasteiger partial charge in [0.25, 0.3) is 0 Å². The van der Waals surface area contributed by atoms with Crippen molar-refractivity contribution in [1.82, 2.24) is 4.90 Å². The highest BCUT2D eigenvalue weighted by Crippen LogP contribution is 2.57. The fraction of sp³-hybridized carbons (Fsp3) is 1.00. The van der Waals surface area contributed by atoms with Crippen LogP contribution in [0.4, 0.5) is 0 Å². The van der Waals surface area contributed by atoms with E-state index < -0.39 is 0 Å². The number of fused-ring (bicyclic) bond motifs is 1. The summed E-state index contributed by atoms with van der Waals surface area (Å²) in [6.45, 7) is 8.67. The van der Waals surface area contributed by atoms with Gasteiger partial charge in [-0.1, -0.05) is 13.8 Å². The third-order valence-electron chi connectivity index (χ3n) is 3.82. The Bertz CT molecular complexity index is 207. The predicted octanol–water partition coefficient (Wildman–Crippen LogP) is 0.870. The van der Waals surface area contributed by atoms with Gasteiger partial charge in [-0.25, -0.2) is 0 Å². The van der Waals surface area contributed by atoms with E-state index in [4.69, 9.17) is 4.74 Å². The number of rotatable bonds is 5. The zero-order valence-electron chi connectivity index (χ0n) is 9.25. The summed E-state index contributed by atoms with van der Waals surface area (Å²) in [6.07, 6.45) is 2.12. The molecule has 1 saturated carbocycles. The molecular weight excluding hydrogens is 178 g/mol. The minimum absolute atomic E-state index is 0.0920. The van der Waals surface area contributed by atoms with Crippen LogP contribution in [-0.4, -0.2) is 48.5 Å². The summed E-state index contributed by atoms with van der Waals surface area (Å²) in [5.41, 5.74) is 0.224. The second-order valence-corrected chi connectivity index (χ2v) is 4.94. The van der Waals surface area contributed by atoms with Gasteiger partial charge in [-0.2, -0.15) is 0 Å². The Morgan fingerprint density at radius 1 is 1.29 bits per heavy atom. The van der Waals surface area contributed by atoms with Gasteiger partial charge in [-0.3, -0.25) is 0 Å². The molecule has 3 nitrogen and oxygen atoms in total. The highest BCUT2D eigenvalue weighted by molar-refractivity contribution is 5.12. The van der Waals surface area contributed by atoms with E-state index in [-0.39, 0.29) is 11.0 Å². The van der Waals surface area contributed by atoms with Crippen molar-refractivity contribution in [3.8, 4) is 0 Å². The minimum atomic E-state index is 0.0920. The quantitative estimate of drug-likeness (QED) is 0.713. The third kappa shape index (κ3) is 1.47. The second kappa shape index (κ2) is 3.47. The Morgan fingerprint density at radius 2 is 1.93 bits per heavy atom. The molecule has 2 bridgehead atoms. The van der Waals surface area contributed by atoms with Crippen molar-refractivity contribution in [3.05, 3.63) is 0 Å². The Hall–Kier alpha value is -0.120. The molecule has 0 aromatic rings. The van der Waals surface area contributed by atoms with Gasteiger partial charge in [0.15, 0.2) is 0 Å². The van der Waals surface area contributed by atoms with Crippen LogP contribution in [0.5, 0.6) is 0 Å². The van der Waals surface area contributed by atoms with Crippen molar-refractivity contribution >= 4 is 0 Å². The SMILES string of the molecule is CCN(CC)CC12CC(CO)(CO1)C2. The number of ether oxygens (including phenoxy) is 1. The minimum Gasteiger partial charge on any atom is -0.396 e. The van der Waals surface area contributed by atoms with Crippen molar-refractivity contribution < 1.29 is 9.84 Å². The summed E-state index contributed by atoms with van der Waals surface area (Å²) >= 11 is 0. The van der Waals surface area contributed by atoms with Crippen molar-refractivity contribution in [2.24, 2.45) is 5.41 Å². The van der Waals surface area contributed by atoms with Crippen molar-refractivity contribution in [2.75, 3.05) is 32.8 Å². The van der Waals surface area contributed by atoms with Gasteiger partial charge in [0, 0.05) is 12.0 Å². The molecule has 3 aliphatic rings. The number of nitrogens with zero attached hydrogens (tertiary/aromatic N) is 1. The van der Waals surface area contributed by atoms with Crippen LogP contribution in [0, 0.1) is 5.41 Å². The molecule has 0 atom stereocenters. The molecule has 0 spiro atoms. The van der Waals surface area contributed by atoms with Crippen molar-refractivity contribution in [2.45, 2.75) is 32.3 Å². The molecule has 0 aromatic heterocycles. The fourth-order valence-corrected chi connectivity index (χ4v) is 3.00. The van der Waals surface area contributed by atoms with E-state index >= 15 is 0 Å². The first kappa shape index (κ1) is 10.4. The average molecular weight is 199 g/mol. The van der Waals surface area contributed by atoms with E-state index in [9.17, 15) is 5.11 Å². The molecule has 2 saturated heterocycles. The van der Waals surface area contributed by atoms with Crippen molar-refractivity contribution in [3.63, 3.8) is 0 Å². The van der Waals surface area contributed by atoms with Gasteiger partial charge < -0.3 is 14.7 Å². The van der Waals surface area contributed by atoms with Crippen LogP contribution in [0.15, 0.2) is 0 Å². The van der Waals surface area contributed by atoms with Gasteiger partial charge in [0.05, 0.1) is 18.8 Å². The number of hydrogen-bond donors (Lipinski definition) is 1. The topological polar surface area (TPSA) is 32.7 Å². The first-order chi connectivity index (χ1) is 6.67. The lowest BCUT2D eigenvalue weighted by molar-refractivity contribution is -0.0508. The highest BCUT2D eigenvalue weighted by Gasteiger charge is 2.62. The van der Waals surface area contributed by atoms with Crippen LogP contribution in [-0.2, 0) is 4.74 Å². The Kier molecular flexibility index (Phi) is 2.58. The molecule has 1 N–H and O–H groups in total. The lowest BCUT2D eigenvalue weighted by atomic mass is 9.63. The maximum Gasteiger partial charge on any atom is 0.0823 e. The van der Waals surface area contributed by atoms with Crippen LogP contribution >= 0.6 is 0 Å². The molecule has 1 aliphatic carbocycles. The van der Waals surface area contributed by atoms with E-state index in [2.05, 4.69) is 18.7 Å². The Balaban J connectivity index is 1.90. The van der Waals surface area contributed by atoms with Gasteiger partial charge >= 0.3 is 0 Å². The number of hydrogen-bond acceptors (Lipinski definition) is 3. The van der Waals surface area contributed by atoms with Gasteiger partial charge in [-0.05, 0) is 25.9 Å². The van der Waals surface area contributed by atoms with Crippen LogP contribution < -0.4 is 0 Å². The molecular formula is C11H21NO2. The zero-order chi connectivity index (χ0) is 10.2. The molecule has 3 rings (SSSR count). The van der Waals surface area contributed by atoms with Crippen LogP contribution in [0.3, 0.4) is 0 Å². The molecule has 2 heterocycles. The average Bonchev–Trinajstić information content (AvgIpc) is 2.69. The molecule has 0 radical (unpaired) electrons. The highest BCUT2D eigenvalue weighted by atomic mass is 16.5. The lowest BCUT2D eigenvalue weighted by Gasteiger charge is -2.45. The van der Waals surface area contributed by atoms with Crippen LogP contribution in [0.25, 0.3) is 0 Å². The smallest absolute Gasteiger partial charge is 0.0823 e. The third-order valence-corrected chi connectivity index (χ3v) is 3.82. The molecule has 2 aliphatic heterocycles. The summed E-state index contributed by atoms with van der Waals surface area (Å²) in [4.78, 5) is 2.41. The lowest BCUT2D eigenvalue weighted by Crippen LogP contribution is -2.52. The molecule has 3 heteroatoms. The Morgan fingerprint density at radius 3 is 2.36 bits per heavy atom. The fourth-order valence-electron chi connectivity index (χ4n) is 3.00. The van der Waals surface area contributed by atoms with E-state index in [0.29, 0.717) is 6.61 Å². The first-order valence-electron chi connectivity index (χ1n) is 5.65. The van der Waals surface area contributed by atoms with E-state index in [0.717, 1.165) is 39.1 Å². The normalized spacial score (nSPS) is 40.3. The Labute approximate surface area is 86.0 Å². The van der Waals surface area contributed by atoms with Gasteiger partial charge in [0.2, 0.25) is 0 Å². The molecule has 14 heavy (non-hydrogen) atoms. The summed E-state index contributed by atoms with van der Waals surface area (Å²) in [5, 5.41) is 9.23. The standard InChI is InChI=1S/C11H21NO2/c1-3-12(4-2)7-11-5-10(6-11,8-13)9-14-11/h13H,3-9H2,1-2H3. The molecule has 82 valence electrons. The maximum absolute atomic E-state index is 9.23.